The number of amides is 1. The van der Waals surface area contributed by atoms with Crippen molar-refractivity contribution in [3.63, 3.8) is 0 Å². The van der Waals surface area contributed by atoms with E-state index in [0.29, 0.717) is 6.61 Å². The molecule has 90 valence electrons. The molecule has 0 unspecified atom stereocenters. The Bertz CT molecular complexity index is 392. The number of ether oxygens (including phenoxy) is 1. The molecule has 1 saturated carbocycles. The highest BCUT2D eigenvalue weighted by atomic mass is 16.6. The third-order valence-corrected chi connectivity index (χ3v) is 3.95. The molecule has 1 aromatic carbocycles. The Kier molecular flexibility index (Phi) is 2.75. The summed E-state index contributed by atoms with van der Waals surface area (Å²) in [6, 6.07) is 9.82. The molecule has 1 amide bonds. The maximum Gasteiger partial charge on any atom is 0.410 e. The van der Waals surface area contributed by atoms with E-state index in [4.69, 9.17) is 4.74 Å². The van der Waals surface area contributed by atoms with Gasteiger partial charge in [0.05, 0.1) is 0 Å². The molecule has 2 aliphatic rings. The van der Waals surface area contributed by atoms with Crippen molar-refractivity contribution in [3.8, 4) is 0 Å². The normalized spacial score (nSPS) is 26.2. The summed E-state index contributed by atoms with van der Waals surface area (Å²) >= 11 is 0. The Morgan fingerprint density at radius 2 is 1.82 bits per heavy atom. The van der Waals surface area contributed by atoms with Gasteiger partial charge in [-0.2, -0.15) is 0 Å². The molecule has 1 aromatic rings. The number of likely N-dealkylation sites (tertiary alicyclic amines) is 1. The van der Waals surface area contributed by atoms with Gasteiger partial charge in [-0.25, -0.2) is 4.79 Å². The molecule has 3 rings (SSSR count). The second kappa shape index (κ2) is 4.40. The van der Waals surface area contributed by atoms with Gasteiger partial charge in [0.25, 0.3) is 0 Å². The van der Waals surface area contributed by atoms with E-state index < -0.39 is 0 Å². The van der Waals surface area contributed by atoms with Crippen LogP contribution in [0.25, 0.3) is 0 Å². The zero-order valence-corrected chi connectivity index (χ0v) is 9.84. The van der Waals surface area contributed by atoms with E-state index in [1.54, 1.807) is 0 Å². The Labute approximate surface area is 101 Å². The minimum absolute atomic E-state index is 0.150. The van der Waals surface area contributed by atoms with E-state index in [1.807, 2.05) is 35.2 Å². The molecule has 3 nitrogen and oxygen atoms in total. The Morgan fingerprint density at radius 1 is 1.18 bits per heavy atom. The fourth-order valence-electron chi connectivity index (χ4n) is 2.72. The first kappa shape index (κ1) is 10.6. The molecule has 0 radical (unpaired) electrons. The van der Waals surface area contributed by atoms with Gasteiger partial charge in [0.2, 0.25) is 0 Å². The molecular weight excluding hydrogens is 214 g/mol. The number of hydrogen-bond acceptors (Lipinski definition) is 2. The number of carbonyl (C=O) groups excluding carboxylic acids is 1. The average molecular weight is 231 g/mol. The van der Waals surface area contributed by atoms with Crippen LogP contribution in [0.5, 0.6) is 0 Å². The van der Waals surface area contributed by atoms with Crippen LogP contribution >= 0.6 is 0 Å². The summed E-state index contributed by atoms with van der Waals surface area (Å²) in [5, 5.41) is 0. The van der Waals surface area contributed by atoms with Crippen LogP contribution in [0.1, 0.15) is 18.4 Å². The highest BCUT2D eigenvalue weighted by Crippen LogP contribution is 2.40. The molecule has 3 heteroatoms. The molecule has 1 aliphatic heterocycles. The van der Waals surface area contributed by atoms with Gasteiger partial charge < -0.3 is 9.64 Å². The minimum atomic E-state index is -0.150. The molecular formula is C14H17NO2. The summed E-state index contributed by atoms with van der Waals surface area (Å²) in [4.78, 5) is 13.7. The Morgan fingerprint density at radius 3 is 2.41 bits per heavy atom. The highest BCUT2D eigenvalue weighted by Gasteiger charge is 2.41. The smallest absolute Gasteiger partial charge is 0.410 e. The predicted octanol–water partition coefficient (Wildman–Crippen LogP) is 2.67. The highest BCUT2D eigenvalue weighted by molar-refractivity contribution is 5.68. The maximum absolute atomic E-state index is 11.8. The fourth-order valence-corrected chi connectivity index (χ4v) is 2.72. The summed E-state index contributed by atoms with van der Waals surface area (Å²) in [5.74, 6) is 1.50. The lowest BCUT2D eigenvalue weighted by molar-refractivity contribution is 0.103. The van der Waals surface area contributed by atoms with Gasteiger partial charge in [-0.05, 0) is 30.2 Å². The van der Waals surface area contributed by atoms with Crippen molar-refractivity contribution < 1.29 is 9.53 Å². The molecule has 0 N–H and O–H groups in total. The first-order valence-corrected chi connectivity index (χ1v) is 6.28. The number of fused-ring (bicyclic) bond motifs is 1. The minimum Gasteiger partial charge on any atom is -0.445 e. The third kappa shape index (κ3) is 2.14. The fraction of sp³-hybridized carbons (Fsp3) is 0.500. The first-order chi connectivity index (χ1) is 8.33. The van der Waals surface area contributed by atoms with Crippen LogP contribution in [0.4, 0.5) is 4.79 Å². The van der Waals surface area contributed by atoms with E-state index >= 15 is 0 Å². The van der Waals surface area contributed by atoms with Crippen molar-refractivity contribution in [2.75, 3.05) is 13.1 Å². The number of rotatable bonds is 2. The molecule has 0 spiro atoms. The van der Waals surface area contributed by atoms with Crippen LogP contribution in [0, 0.1) is 11.8 Å². The largest absolute Gasteiger partial charge is 0.445 e. The average Bonchev–Trinajstić information content (AvgIpc) is 2.64. The summed E-state index contributed by atoms with van der Waals surface area (Å²) in [6.45, 7) is 2.18. The summed E-state index contributed by atoms with van der Waals surface area (Å²) < 4.78 is 5.32. The van der Waals surface area contributed by atoms with Crippen molar-refractivity contribution in [3.05, 3.63) is 35.9 Å². The quantitative estimate of drug-likeness (QED) is 0.783. The van der Waals surface area contributed by atoms with E-state index in [-0.39, 0.29) is 6.09 Å². The molecule has 2 atom stereocenters. The van der Waals surface area contributed by atoms with Crippen molar-refractivity contribution >= 4 is 6.09 Å². The third-order valence-electron chi connectivity index (χ3n) is 3.95. The topological polar surface area (TPSA) is 29.5 Å². The maximum atomic E-state index is 11.8. The van der Waals surface area contributed by atoms with Crippen LogP contribution in [-0.4, -0.2) is 24.1 Å². The predicted molar refractivity (Wildman–Crippen MR) is 64.4 cm³/mol. The number of hydrogen-bond donors (Lipinski definition) is 0. The lowest BCUT2D eigenvalue weighted by Crippen LogP contribution is -2.29. The van der Waals surface area contributed by atoms with E-state index in [1.165, 1.54) is 12.8 Å². The molecule has 1 saturated heterocycles. The van der Waals surface area contributed by atoms with Crippen molar-refractivity contribution in [1.82, 2.24) is 4.90 Å². The second-order valence-corrected chi connectivity index (χ2v) is 5.04. The lowest BCUT2D eigenvalue weighted by Gasteiger charge is -2.27. The molecule has 2 fully saturated rings. The van der Waals surface area contributed by atoms with Crippen molar-refractivity contribution in [1.29, 1.82) is 0 Å². The monoisotopic (exact) mass is 231 g/mol. The molecule has 0 bridgehead atoms. The van der Waals surface area contributed by atoms with Crippen LogP contribution in [0.3, 0.4) is 0 Å². The van der Waals surface area contributed by atoms with E-state index in [0.717, 1.165) is 30.5 Å². The van der Waals surface area contributed by atoms with Gasteiger partial charge in [-0.1, -0.05) is 30.3 Å². The number of benzene rings is 1. The van der Waals surface area contributed by atoms with Gasteiger partial charge in [0.1, 0.15) is 6.61 Å². The second-order valence-electron chi connectivity index (χ2n) is 5.04. The first-order valence-electron chi connectivity index (χ1n) is 6.28. The van der Waals surface area contributed by atoms with Crippen LogP contribution in [-0.2, 0) is 11.3 Å². The van der Waals surface area contributed by atoms with Crippen molar-refractivity contribution in [2.45, 2.75) is 19.4 Å². The van der Waals surface area contributed by atoms with Gasteiger partial charge in [-0.3, -0.25) is 0 Å². The number of carbonyl (C=O) groups is 1. The lowest BCUT2D eigenvalue weighted by atomic mass is 9.77. The summed E-state index contributed by atoms with van der Waals surface area (Å²) in [7, 11) is 0. The van der Waals surface area contributed by atoms with Gasteiger partial charge in [0.15, 0.2) is 0 Å². The van der Waals surface area contributed by atoms with E-state index in [9.17, 15) is 4.79 Å². The van der Waals surface area contributed by atoms with Crippen LogP contribution in [0.15, 0.2) is 30.3 Å². The molecule has 0 aromatic heterocycles. The Balaban J connectivity index is 1.51. The zero-order valence-electron chi connectivity index (χ0n) is 9.84. The molecule has 1 heterocycles. The van der Waals surface area contributed by atoms with Gasteiger partial charge in [-0.15, -0.1) is 0 Å². The zero-order chi connectivity index (χ0) is 11.7. The van der Waals surface area contributed by atoms with Gasteiger partial charge in [0, 0.05) is 13.1 Å². The van der Waals surface area contributed by atoms with Crippen LogP contribution in [0.2, 0.25) is 0 Å². The van der Waals surface area contributed by atoms with Gasteiger partial charge >= 0.3 is 6.09 Å². The molecule has 1 aliphatic carbocycles. The summed E-state index contributed by atoms with van der Waals surface area (Å²) in [5.41, 5.74) is 1.04. The Hall–Kier alpha value is -1.51. The number of nitrogens with zero attached hydrogens (tertiary/aromatic N) is 1. The standard InChI is InChI=1S/C14H17NO2/c16-14(15-8-12-6-7-13(12)9-15)17-10-11-4-2-1-3-5-11/h1-5,12-13H,6-10H2/t12-,13-/m0/s1. The summed E-state index contributed by atoms with van der Waals surface area (Å²) in [6.07, 6.45) is 2.42. The molecule has 17 heavy (non-hydrogen) atoms. The SMILES string of the molecule is O=C(OCc1ccccc1)N1C[C@@H]2CC[C@H]2C1. The van der Waals surface area contributed by atoms with Crippen LogP contribution < -0.4 is 0 Å². The van der Waals surface area contributed by atoms with Crippen molar-refractivity contribution in [2.24, 2.45) is 11.8 Å². The van der Waals surface area contributed by atoms with E-state index in [2.05, 4.69) is 0 Å².